The molecule has 0 aromatic heterocycles. The van der Waals surface area contributed by atoms with Gasteiger partial charge in [0, 0.05) is 18.7 Å². The Bertz CT molecular complexity index is 447. The molecule has 1 amide bonds. The molecule has 0 unspecified atom stereocenters. The van der Waals surface area contributed by atoms with Crippen molar-refractivity contribution >= 4 is 35.1 Å². The molecule has 1 rings (SSSR count). The molecule has 0 aliphatic heterocycles. The molecule has 1 aromatic rings. The minimum absolute atomic E-state index is 0.0389. The van der Waals surface area contributed by atoms with Crippen molar-refractivity contribution in [3.8, 4) is 0 Å². The molecule has 0 spiro atoms. The molecular weight excluding hydrogens is 282 g/mol. The van der Waals surface area contributed by atoms with Crippen LogP contribution in [0.15, 0.2) is 24.3 Å². The lowest BCUT2D eigenvalue weighted by molar-refractivity contribution is -0.127. The Morgan fingerprint density at radius 3 is 2.37 bits per heavy atom. The van der Waals surface area contributed by atoms with Crippen LogP contribution < -0.4 is 0 Å². The van der Waals surface area contributed by atoms with Gasteiger partial charge in [-0.25, -0.2) is 0 Å². The van der Waals surface area contributed by atoms with E-state index in [2.05, 4.69) is 0 Å². The summed E-state index contributed by atoms with van der Waals surface area (Å²) in [6.07, 6.45) is 0. The number of nitrogens with zero attached hydrogens (tertiary/aromatic N) is 1. The Balaban J connectivity index is 2.44. The van der Waals surface area contributed by atoms with E-state index in [0.29, 0.717) is 29.4 Å². The number of rotatable bonds is 7. The number of amides is 1. The molecule has 0 radical (unpaired) electrons. The second kappa shape index (κ2) is 8.23. The first kappa shape index (κ1) is 16.1. The number of benzene rings is 1. The molecule has 0 N–H and O–H groups in total. The predicted octanol–water partition coefficient (Wildman–Crippen LogP) is 3.12. The summed E-state index contributed by atoms with van der Waals surface area (Å²) in [5.74, 6) is 0.638. The van der Waals surface area contributed by atoms with Crippen LogP contribution in [0.5, 0.6) is 0 Å². The fourth-order valence-electron chi connectivity index (χ4n) is 1.66. The van der Waals surface area contributed by atoms with Crippen molar-refractivity contribution < 1.29 is 9.59 Å². The van der Waals surface area contributed by atoms with Crippen molar-refractivity contribution in [2.75, 3.05) is 24.6 Å². The van der Waals surface area contributed by atoms with E-state index in [1.165, 1.54) is 11.8 Å². The first-order valence-electron chi connectivity index (χ1n) is 6.23. The number of carbonyl (C=O) groups is 2. The number of Topliss-reactive ketones (excluding diaryl/α,β-unsaturated/α-hetero) is 1. The van der Waals surface area contributed by atoms with Crippen LogP contribution in [-0.4, -0.2) is 41.2 Å². The highest BCUT2D eigenvalue weighted by Crippen LogP contribution is 2.17. The van der Waals surface area contributed by atoms with Gasteiger partial charge in [-0.05, 0) is 26.0 Å². The van der Waals surface area contributed by atoms with Crippen LogP contribution >= 0.6 is 23.4 Å². The molecule has 0 saturated heterocycles. The Hall–Kier alpha value is -1.00. The molecule has 5 heteroatoms. The zero-order chi connectivity index (χ0) is 14.3. The van der Waals surface area contributed by atoms with Crippen LogP contribution in [-0.2, 0) is 4.79 Å². The van der Waals surface area contributed by atoms with Crippen molar-refractivity contribution in [3.63, 3.8) is 0 Å². The van der Waals surface area contributed by atoms with Crippen LogP contribution in [0.25, 0.3) is 0 Å². The molecule has 0 atom stereocenters. The summed E-state index contributed by atoms with van der Waals surface area (Å²) in [7, 11) is 0. The van der Waals surface area contributed by atoms with Crippen LogP contribution in [0.2, 0.25) is 5.02 Å². The van der Waals surface area contributed by atoms with Crippen LogP contribution in [0.3, 0.4) is 0 Å². The van der Waals surface area contributed by atoms with E-state index in [9.17, 15) is 9.59 Å². The highest BCUT2D eigenvalue weighted by molar-refractivity contribution is 8.00. The van der Waals surface area contributed by atoms with Crippen molar-refractivity contribution in [3.05, 3.63) is 34.9 Å². The molecule has 19 heavy (non-hydrogen) atoms. The lowest BCUT2D eigenvalue weighted by atomic mass is 10.1. The number of hydrogen-bond acceptors (Lipinski definition) is 3. The van der Waals surface area contributed by atoms with Gasteiger partial charge in [0.2, 0.25) is 5.91 Å². The summed E-state index contributed by atoms with van der Waals surface area (Å²) >= 11 is 7.28. The quantitative estimate of drug-likeness (QED) is 0.726. The van der Waals surface area contributed by atoms with E-state index < -0.39 is 0 Å². The maximum absolute atomic E-state index is 11.9. The maximum atomic E-state index is 11.9. The summed E-state index contributed by atoms with van der Waals surface area (Å²) in [5, 5.41) is 0.461. The molecule has 0 aliphatic rings. The molecular formula is C14H18ClNO2S. The average molecular weight is 300 g/mol. The number of halogens is 1. The highest BCUT2D eigenvalue weighted by atomic mass is 35.5. The summed E-state index contributed by atoms with van der Waals surface area (Å²) in [5.41, 5.74) is 0.520. The lowest BCUT2D eigenvalue weighted by Crippen LogP contribution is -2.32. The monoisotopic (exact) mass is 299 g/mol. The standard InChI is InChI=1S/C14H18ClNO2S/c1-3-16(4-2)14(18)10-19-9-13(17)11-7-5-6-8-12(11)15/h5-8H,3-4,9-10H2,1-2H3. The first-order valence-corrected chi connectivity index (χ1v) is 7.76. The van der Waals surface area contributed by atoms with E-state index in [-0.39, 0.29) is 17.4 Å². The van der Waals surface area contributed by atoms with E-state index in [4.69, 9.17) is 11.6 Å². The Morgan fingerprint density at radius 1 is 1.16 bits per heavy atom. The first-order chi connectivity index (χ1) is 9.10. The van der Waals surface area contributed by atoms with Crippen LogP contribution in [0, 0.1) is 0 Å². The van der Waals surface area contributed by atoms with Gasteiger partial charge >= 0.3 is 0 Å². The van der Waals surface area contributed by atoms with Crippen LogP contribution in [0.4, 0.5) is 0 Å². The molecule has 3 nitrogen and oxygen atoms in total. The predicted molar refractivity (Wildman–Crippen MR) is 81.0 cm³/mol. The Labute approximate surface area is 123 Å². The third-order valence-electron chi connectivity index (χ3n) is 2.75. The topological polar surface area (TPSA) is 37.4 Å². The van der Waals surface area contributed by atoms with Gasteiger partial charge in [-0.3, -0.25) is 9.59 Å². The largest absolute Gasteiger partial charge is 0.343 e. The summed E-state index contributed by atoms with van der Waals surface area (Å²) in [6, 6.07) is 6.97. The van der Waals surface area contributed by atoms with Gasteiger partial charge in [-0.15, -0.1) is 11.8 Å². The van der Waals surface area contributed by atoms with Crippen molar-refractivity contribution in [1.29, 1.82) is 0 Å². The van der Waals surface area contributed by atoms with Crippen LogP contribution in [0.1, 0.15) is 24.2 Å². The third kappa shape index (κ3) is 4.88. The third-order valence-corrected chi connectivity index (χ3v) is 4.00. The second-order valence-electron chi connectivity index (χ2n) is 3.96. The molecule has 0 saturated carbocycles. The minimum atomic E-state index is -0.0389. The molecule has 1 aromatic carbocycles. The Morgan fingerprint density at radius 2 is 1.79 bits per heavy atom. The van der Waals surface area contributed by atoms with E-state index >= 15 is 0 Å². The normalized spacial score (nSPS) is 10.3. The molecule has 0 heterocycles. The zero-order valence-electron chi connectivity index (χ0n) is 11.2. The second-order valence-corrected chi connectivity index (χ2v) is 5.35. The summed E-state index contributed by atoms with van der Waals surface area (Å²) < 4.78 is 0. The number of thioether (sulfide) groups is 1. The van der Waals surface area contributed by atoms with Gasteiger partial charge in [0.05, 0.1) is 16.5 Å². The maximum Gasteiger partial charge on any atom is 0.232 e. The van der Waals surface area contributed by atoms with Gasteiger partial charge in [0.1, 0.15) is 0 Å². The smallest absolute Gasteiger partial charge is 0.232 e. The lowest BCUT2D eigenvalue weighted by Gasteiger charge is -2.18. The number of ketones is 1. The molecule has 0 bridgehead atoms. The van der Waals surface area contributed by atoms with Crippen molar-refractivity contribution in [2.24, 2.45) is 0 Å². The zero-order valence-corrected chi connectivity index (χ0v) is 12.8. The van der Waals surface area contributed by atoms with Gasteiger partial charge in [-0.2, -0.15) is 0 Å². The molecule has 104 valence electrons. The van der Waals surface area contributed by atoms with Gasteiger partial charge in [-0.1, -0.05) is 23.7 Å². The molecule has 0 aliphatic carbocycles. The SMILES string of the molecule is CCN(CC)C(=O)CSCC(=O)c1ccccc1Cl. The Kier molecular flexibility index (Phi) is 6.95. The number of carbonyl (C=O) groups excluding carboxylic acids is 2. The fraction of sp³-hybridized carbons (Fsp3) is 0.429. The van der Waals surface area contributed by atoms with E-state index in [1.54, 1.807) is 29.2 Å². The average Bonchev–Trinajstić information content (AvgIpc) is 2.40. The summed E-state index contributed by atoms with van der Waals surface area (Å²) in [6.45, 7) is 5.30. The van der Waals surface area contributed by atoms with Gasteiger partial charge < -0.3 is 4.90 Å². The van der Waals surface area contributed by atoms with Gasteiger partial charge in [0.15, 0.2) is 5.78 Å². The van der Waals surface area contributed by atoms with E-state index in [0.717, 1.165) is 0 Å². The number of hydrogen-bond donors (Lipinski definition) is 0. The molecule has 0 fully saturated rings. The van der Waals surface area contributed by atoms with E-state index in [1.807, 2.05) is 13.8 Å². The highest BCUT2D eigenvalue weighted by Gasteiger charge is 2.13. The minimum Gasteiger partial charge on any atom is -0.343 e. The summed E-state index contributed by atoms with van der Waals surface area (Å²) in [4.78, 5) is 25.4. The fourth-order valence-corrected chi connectivity index (χ4v) is 2.71. The van der Waals surface area contributed by atoms with Crippen molar-refractivity contribution in [1.82, 2.24) is 4.90 Å². The van der Waals surface area contributed by atoms with Gasteiger partial charge in [0.25, 0.3) is 0 Å². The van der Waals surface area contributed by atoms with Crippen molar-refractivity contribution in [2.45, 2.75) is 13.8 Å².